The second kappa shape index (κ2) is 4.35. The predicted octanol–water partition coefficient (Wildman–Crippen LogP) is 2.18. The van der Waals surface area contributed by atoms with Gasteiger partial charge in [-0.05, 0) is 19.4 Å². The maximum absolute atomic E-state index is 6.13. The van der Waals surface area contributed by atoms with Crippen molar-refractivity contribution in [1.82, 2.24) is 10.1 Å². The van der Waals surface area contributed by atoms with E-state index in [1.54, 1.807) is 0 Å². The molecule has 0 spiro atoms. The summed E-state index contributed by atoms with van der Waals surface area (Å²) in [7, 11) is 0. The second-order valence-electron chi connectivity index (χ2n) is 5.13. The standard InChI is InChI=1S/C14H17N3O2/c1-3-14(2,15)13-16-12(19-17-13)10-8-18-11-7-5-4-6-9(10)11/h4-7,10H,3,8,15H2,1-2H3. The Kier molecular flexibility index (Phi) is 2.78. The van der Waals surface area contributed by atoms with Crippen molar-refractivity contribution in [2.24, 2.45) is 5.73 Å². The zero-order chi connectivity index (χ0) is 13.5. The van der Waals surface area contributed by atoms with Gasteiger partial charge in [0.2, 0.25) is 5.89 Å². The number of aromatic nitrogens is 2. The van der Waals surface area contributed by atoms with Gasteiger partial charge in [-0.2, -0.15) is 4.98 Å². The van der Waals surface area contributed by atoms with E-state index in [1.165, 1.54) is 0 Å². The van der Waals surface area contributed by atoms with E-state index >= 15 is 0 Å². The molecule has 2 aromatic rings. The first kappa shape index (κ1) is 12.2. The SMILES string of the molecule is CCC(C)(N)c1noc(C2COc3ccccc32)n1. The predicted molar refractivity (Wildman–Crippen MR) is 69.9 cm³/mol. The summed E-state index contributed by atoms with van der Waals surface area (Å²) in [6, 6.07) is 7.91. The first-order chi connectivity index (χ1) is 9.12. The van der Waals surface area contributed by atoms with E-state index in [-0.39, 0.29) is 5.92 Å². The zero-order valence-corrected chi connectivity index (χ0v) is 11.1. The summed E-state index contributed by atoms with van der Waals surface area (Å²) in [6.45, 7) is 4.44. The van der Waals surface area contributed by atoms with Gasteiger partial charge < -0.3 is 15.0 Å². The fourth-order valence-corrected chi connectivity index (χ4v) is 2.13. The summed E-state index contributed by atoms with van der Waals surface area (Å²) in [5.74, 6) is 2.02. The van der Waals surface area contributed by atoms with Crippen LogP contribution in [0.1, 0.15) is 43.5 Å². The summed E-state index contributed by atoms with van der Waals surface area (Å²) in [5, 5.41) is 4.01. The summed E-state index contributed by atoms with van der Waals surface area (Å²) >= 11 is 0. The average molecular weight is 259 g/mol. The molecule has 0 bridgehead atoms. The van der Waals surface area contributed by atoms with Crippen LogP contribution in [0.2, 0.25) is 0 Å². The molecule has 1 aromatic carbocycles. The van der Waals surface area contributed by atoms with E-state index in [9.17, 15) is 0 Å². The molecule has 0 fully saturated rings. The van der Waals surface area contributed by atoms with Crippen LogP contribution in [0.5, 0.6) is 5.75 Å². The first-order valence-electron chi connectivity index (χ1n) is 6.46. The van der Waals surface area contributed by atoms with E-state index in [4.69, 9.17) is 15.0 Å². The summed E-state index contributed by atoms with van der Waals surface area (Å²) in [4.78, 5) is 4.45. The summed E-state index contributed by atoms with van der Waals surface area (Å²) in [6.07, 6.45) is 0.754. The molecule has 0 radical (unpaired) electrons. The number of nitrogens with two attached hydrogens (primary N) is 1. The van der Waals surface area contributed by atoms with Crippen LogP contribution in [0.25, 0.3) is 0 Å². The van der Waals surface area contributed by atoms with Crippen molar-refractivity contribution >= 4 is 0 Å². The third-order valence-corrected chi connectivity index (χ3v) is 3.69. The normalized spacial score (nSPS) is 20.7. The Morgan fingerprint density at radius 1 is 1.42 bits per heavy atom. The van der Waals surface area contributed by atoms with Crippen molar-refractivity contribution in [3.05, 3.63) is 41.5 Å². The highest BCUT2D eigenvalue weighted by Gasteiger charge is 2.32. The highest BCUT2D eigenvalue weighted by atomic mass is 16.5. The van der Waals surface area contributed by atoms with Crippen molar-refractivity contribution in [2.45, 2.75) is 31.7 Å². The maximum atomic E-state index is 6.13. The molecule has 0 saturated heterocycles. The van der Waals surface area contributed by atoms with Gasteiger partial charge in [-0.3, -0.25) is 0 Å². The number of hydrogen-bond acceptors (Lipinski definition) is 5. The Morgan fingerprint density at radius 2 is 2.21 bits per heavy atom. The van der Waals surface area contributed by atoms with Gasteiger partial charge in [0.1, 0.15) is 18.3 Å². The molecule has 19 heavy (non-hydrogen) atoms. The van der Waals surface area contributed by atoms with Gasteiger partial charge in [-0.15, -0.1) is 0 Å². The quantitative estimate of drug-likeness (QED) is 0.914. The highest BCUT2D eigenvalue weighted by Crippen LogP contribution is 2.37. The monoisotopic (exact) mass is 259 g/mol. The number of para-hydroxylation sites is 1. The molecule has 5 heteroatoms. The van der Waals surface area contributed by atoms with E-state index < -0.39 is 5.54 Å². The number of nitrogens with zero attached hydrogens (tertiary/aromatic N) is 2. The van der Waals surface area contributed by atoms with Gasteiger partial charge in [0.25, 0.3) is 0 Å². The fraction of sp³-hybridized carbons (Fsp3) is 0.429. The number of rotatable bonds is 3. The van der Waals surface area contributed by atoms with Crippen molar-refractivity contribution in [3.63, 3.8) is 0 Å². The van der Waals surface area contributed by atoms with Crippen LogP contribution in [0, 0.1) is 0 Å². The highest BCUT2D eigenvalue weighted by molar-refractivity contribution is 5.42. The smallest absolute Gasteiger partial charge is 0.237 e. The van der Waals surface area contributed by atoms with Crippen LogP contribution in [0.3, 0.4) is 0 Å². The van der Waals surface area contributed by atoms with Crippen LogP contribution in [0.4, 0.5) is 0 Å². The zero-order valence-electron chi connectivity index (χ0n) is 11.1. The minimum absolute atomic E-state index is 0.00473. The lowest BCUT2D eigenvalue weighted by Gasteiger charge is -2.16. The molecule has 2 heterocycles. The van der Waals surface area contributed by atoms with E-state index in [0.717, 1.165) is 17.7 Å². The molecule has 1 aliphatic rings. The molecule has 1 aliphatic heterocycles. The van der Waals surface area contributed by atoms with Crippen molar-refractivity contribution in [2.75, 3.05) is 6.61 Å². The first-order valence-corrected chi connectivity index (χ1v) is 6.46. The summed E-state index contributed by atoms with van der Waals surface area (Å²) < 4.78 is 11.0. The molecule has 2 N–H and O–H groups in total. The number of hydrogen-bond donors (Lipinski definition) is 1. The van der Waals surface area contributed by atoms with Gasteiger partial charge in [-0.25, -0.2) is 0 Å². The van der Waals surface area contributed by atoms with Crippen LogP contribution < -0.4 is 10.5 Å². The third kappa shape index (κ3) is 2.00. The minimum Gasteiger partial charge on any atom is -0.492 e. The van der Waals surface area contributed by atoms with Gasteiger partial charge in [0.05, 0.1) is 5.54 Å². The molecule has 0 aliphatic carbocycles. The molecular weight excluding hydrogens is 242 g/mol. The number of benzene rings is 1. The molecule has 0 saturated carbocycles. The van der Waals surface area contributed by atoms with Gasteiger partial charge in [0, 0.05) is 5.56 Å². The molecule has 3 rings (SSSR count). The Balaban J connectivity index is 1.93. The van der Waals surface area contributed by atoms with Crippen molar-refractivity contribution in [3.8, 4) is 5.75 Å². The Bertz CT molecular complexity index is 592. The van der Waals surface area contributed by atoms with Crippen molar-refractivity contribution in [1.29, 1.82) is 0 Å². The maximum Gasteiger partial charge on any atom is 0.237 e. The Morgan fingerprint density at radius 3 is 3.00 bits per heavy atom. The lowest BCUT2D eigenvalue weighted by Crippen LogP contribution is -2.33. The number of ether oxygens (including phenoxy) is 1. The fourth-order valence-electron chi connectivity index (χ4n) is 2.13. The molecular formula is C14H17N3O2. The van der Waals surface area contributed by atoms with Gasteiger partial charge in [-0.1, -0.05) is 30.3 Å². The van der Waals surface area contributed by atoms with Crippen LogP contribution in [-0.2, 0) is 5.54 Å². The van der Waals surface area contributed by atoms with Gasteiger partial charge >= 0.3 is 0 Å². The largest absolute Gasteiger partial charge is 0.492 e. The molecule has 2 unspecified atom stereocenters. The minimum atomic E-state index is -0.555. The lowest BCUT2D eigenvalue weighted by atomic mass is 9.99. The lowest BCUT2D eigenvalue weighted by molar-refractivity contribution is 0.301. The van der Waals surface area contributed by atoms with E-state index in [1.807, 2.05) is 38.1 Å². The Hall–Kier alpha value is -1.88. The molecule has 100 valence electrons. The third-order valence-electron chi connectivity index (χ3n) is 3.69. The van der Waals surface area contributed by atoms with Crippen LogP contribution >= 0.6 is 0 Å². The van der Waals surface area contributed by atoms with E-state index in [0.29, 0.717) is 18.3 Å². The summed E-state index contributed by atoms with van der Waals surface area (Å²) in [5.41, 5.74) is 6.66. The topological polar surface area (TPSA) is 74.2 Å². The molecule has 2 atom stereocenters. The Labute approximate surface area is 111 Å². The average Bonchev–Trinajstić information content (AvgIpc) is 3.05. The van der Waals surface area contributed by atoms with E-state index in [2.05, 4.69) is 10.1 Å². The van der Waals surface area contributed by atoms with Crippen molar-refractivity contribution < 1.29 is 9.26 Å². The van der Waals surface area contributed by atoms with Crippen LogP contribution in [-0.4, -0.2) is 16.7 Å². The molecule has 5 nitrogen and oxygen atoms in total. The van der Waals surface area contributed by atoms with Gasteiger partial charge in [0.15, 0.2) is 5.82 Å². The van der Waals surface area contributed by atoms with Crippen LogP contribution in [0.15, 0.2) is 28.8 Å². The number of fused-ring (bicyclic) bond motifs is 1. The molecule has 0 amide bonds. The second-order valence-corrected chi connectivity index (χ2v) is 5.13. The molecule has 1 aromatic heterocycles.